The van der Waals surface area contributed by atoms with Crippen LogP contribution in [0, 0.1) is 5.82 Å². The SMILES string of the molecule is CC(=O)c1ccc(CN2CCCC2=O)c(Oc2ccc(Cl)c(F)c2)c1. The molecule has 3 rings (SSSR count). The Morgan fingerprint density at radius 2 is 2.08 bits per heavy atom. The van der Waals surface area contributed by atoms with Crippen molar-refractivity contribution in [2.45, 2.75) is 26.3 Å². The Kier molecular flexibility index (Phi) is 5.04. The second-order valence-corrected chi connectivity index (χ2v) is 6.38. The fourth-order valence-corrected chi connectivity index (χ4v) is 2.86. The minimum Gasteiger partial charge on any atom is -0.457 e. The third-order valence-electron chi connectivity index (χ3n) is 4.13. The molecule has 0 spiro atoms. The molecule has 0 atom stereocenters. The van der Waals surface area contributed by atoms with Crippen molar-refractivity contribution < 1.29 is 18.7 Å². The normalized spacial score (nSPS) is 14.0. The maximum Gasteiger partial charge on any atom is 0.222 e. The summed E-state index contributed by atoms with van der Waals surface area (Å²) in [6.45, 7) is 2.55. The van der Waals surface area contributed by atoms with Crippen LogP contribution in [-0.2, 0) is 11.3 Å². The fourth-order valence-electron chi connectivity index (χ4n) is 2.74. The molecule has 6 heteroatoms. The van der Waals surface area contributed by atoms with Crippen molar-refractivity contribution in [3.8, 4) is 11.5 Å². The minimum absolute atomic E-state index is 0.00715. The molecular weight excluding hydrogens is 345 g/mol. The van der Waals surface area contributed by atoms with Crippen LogP contribution < -0.4 is 4.74 Å². The van der Waals surface area contributed by atoms with Crippen LogP contribution in [0.1, 0.15) is 35.7 Å². The first-order chi connectivity index (χ1) is 11.9. The van der Waals surface area contributed by atoms with E-state index >= 15 is 0 Å². The Bertz CT molecular complexity index is 837. The summed E-state index contributed by atoms with van der Waals surface area (Å²) in [6.07, 6.45) is 1.38. The number of hydrogen-bond donors (Lipinski definition) is 0. The number of likely N-dealkylation sites (tertiary alicyclic amines) is 1. The molecular formula is C19H17ClFNO3. The average Bonchev–Trinajstić information content (AvgIpc) is 2.97. The molecule has 0 aromatic heterocycles. The quantitative estimate of drug-likeness (QED) is 0.731. The van der Waals surface area contributed by atoms with Gasteiger partial charge in [-0.2, -0.15) is 0 Å². The predicted molar refractivity (Wildman–Crippen MR) is 92.6 cm³/mol. The van der Waals surface area contributed by atoms with Crippen LogP contribution in [0.25, 0.3) is 0 Å². The summed E-state index contributed by atoms with van der Waals surface area (Å²) < 4.78 is 19.4. The summed E-state index contributed by atoms with van der Waals surface area (Å²) in [5.41, 5.74) is 1.25. The van der Waals surface area contributed by atoms with E-state index in [4.69, 9.17) is 16.3 Å². The number of hydrogen-bond acceptors (Lipinski definition) is 3. The lowest BCUT2D eigenvalue weighted by Gasteiger charge is -2.19. The molecule has 1 amide bonds. The molecule has 25 heavy (non-hydrogen) atoms. The number of carbonyl (C=O) groups is 2. The highest BCUT2D eigenvalue weighted by molar-refractivity contribution is 6.30. The van der Waals surface area contributed by atoms with E-state index in [2.05, 4.69) is 0 Å². The van der Waals surface area contributed by atoms with Gasteiger partial charge in [0.05, 0.1) is 5.02 Å². The van der Waals surface area contributed by atoms with Gasteiger partial charge in [0, 0.05) is 36.7 Å². The van der Waals surface area contributed by atoms with Gasteiger partial charge in [-0.15, -0.1) is 0 Å². The number of halogens is 2. The van der Waals surface area contributed by atoms with Crippen LogP contribution in [0.5, 0.6) is 11.5 Å². The first-order valence-electron chi connectivity index (χ1n) is 7.98. The Balaban J connectivity index is 1.92. The van der Waals surface area contributed by atoms with Gasteiger partial charge < -0.3 is 9.64 Å². The summed E-state index contributed by atoms with van der Waals surface area (Å²) in [5.74, 6) is 0.110. The van der Waals surface area contributed by atoms with Gasteiger partial charge in [-0.1, -0.05) is 23.7 Å². The van der Waals surface area contributed by atoms with Crippen molar-refractivity contribution in [3.63, 3.8) is 0 Å². The summed E-state index contributed by atoms with van der Waals surface area (Å²) >= 11 is 5.69. The highest BCUT2D eigenvalue weighted by Gasteiger charge is 2.22. The molecule has 1 aliphatic rings. The molecule has 130 valence electrons. The summed E-state index contributed by atoms with van der Waals surface area (Å²) in [6, 6.07) is 9.23. The van der Waals surface area contributed by atoms with Crippen molar-refractivity contribution in [1.29, 1.82) is 0 Å². The largest absolute Gasteiger partial charge is 0.457 e. The summed E-state index contributed by atoms with van der Waals surface area (Å²) in [7, 11) is 0. The van der Waals surface area contributed by atoms with E-state index in [0.717, 1.165) is 12.0 Å². The van der Waals surface area contributed by atoms with Crippen molar-refractivity contribution in [3.05, 3.63) is 58.4 Å². The predicted octanol–water partition coefficient (Wildman–Crippen LogP) is 4.60. The summed E-state index contributed by atoms with van der Waals surface area (Å²) in [4.78, 5) is 25.3. The Morgan fingerprint density at radius 1 is 1.28 bits per heavy atom. The molecule has 0 N–H and O–H groups in total. The zero-order valence-corrected chi connectivity index (χ0v) is 14.5. The van der Waals surface area contributed by atoms with Gasteiger partial charge in [0.25, 0.3) is 0 Å². The van der Waals surface area contributed by atoms with E-state index in [1.54, 1.807) is 29.2 Å². The first kappa shape index (κ1) is 17.4. The highest BCUT2D eigenvalue weighted by Crippen LogP contribution is 2.30. The number of carbonyl (C=O) groups excluding carboxylic acids is 2. The second-order valence-electron chi connectivity index (χ2n) is 5.98. The standard InChI is InChI=1S/C19H17ClFNO3/c1-12(23)13-4-5-14(11-22-8-2-3-19(22)24)18(9-13)25-15-6-7-16(20)17(21)10-15/h4-7,9-10H,2-3,8,11H2,1H3. The van der Waals surface area contributed by atoms with Crippen molar-refractivity contribution >= 4 is 23.3 Å². The molecule has 4 nitrogen and oxygen atoms in total. The van der Waals surface area contributed by atoms with Crippen LogP contribution in [0.2, 0.25) is 5.02 Å². The van der Waals surface area contributed by atoms with E-state index in [1.165, 1.54) is 19.1 Å². The lowest BCUT2D eigenvalue weighted by molar-refractivity contribution is -0.128. The maximum atomic E-state index is 13.6. The van der Waals surface area contributed by atoms with E-state index in [-0.39, 0.29) is 22.5 Å². The highest BCUT2D eigenvalue weighted by atomic mass is 35.5. The third-order valence-corrected chi connectivity index (χ3v) is 4.43. The number of amides is 1. The maximum absolute atomic E-state index is 13.6. The molecule has 0 radical (unpaired) electrons. The van der Waals surface area contributed by atoms with Crippen LogP contribution in [-0.4, -0.2) is 23.1 Å². The lowest BCUT2D eigenvalue weighted by Crippen LogP contribution is -2.24. The van der Waals surface area contributed by atoms with E-state index in [0.29, 0.717) is 30.8 Å². The number of ketones is 1. The van der Waals surface area contributed by atoms with Gasteiger partial charge in [0.1, 0.15) is 17.3 Å². The van der Waals surface area contributed by atoms with E-state index in [9.17, 15) is 14.0 Å². The molecule has 2 aromatic carbocycles. The number of Topliss-reactive ketones (excluding diaryl/α,β-unsaturated/α-hetero) is 1. The molecule has 1 saturated heterocycles. The minimum atomic E-state index is -0.585. The van der Waals surface area contributed by atoms with Crippen LogP contribution >= 0.6 is 11.6 Å². The first-order valence-corrected chi connectivity index (χ1v) is 8.36. The van der Waals surface area contributed by atoms with Crippen molar-refractivity contribution in [2.24, 2.45) is 0 Å². The molecule has 0 bridgehead atoms. The number of rotatable bonds is 5. The van der Waals surface area contributed by atoms with Gasteiger partial charge >= 0.3 is 0 Å². The van der Waals surface area contributed by atoms with Crippen LogP contribution in [0.15, 0.2) is 36.4 Å². The molecule has 0 aliphatic carbocycles. The fraction of sp³-hybridized carbons (Fsp3) is 0.263. The Hall–Kier alpha value is -2.40. The third kappa shape index (κ3) is 3.99. The van der Waals surface area contributed by atoms with Crippen molar-refractivity contribution in [1.82, 2.24) is 4.90 Å². The number of nitrogens with zero attached hydrogens (tertiary/aromatic N) is 1. The van der Waals surface area contributed by atoms with Crippen LogP contribution in [0.3, 0.4) is 0 Å². The topological polar surface area (TPSA) is 46.6 Å². The molecule has 1 fully saturated rings. The summed E-state index contributed by atoms with van der Waals surface area (Å²) in [5, 5.41) is 0.00715. The van der Waals surface area contributed by atoms with E-state index in [1.807, 2.05) is 0 Å². The molecule has 0 saturated carbocycles. The van der Waals surface area contributed by atoms with Crippen molar-refractivity contribution in [2.75, 3.05) is 6.54 Å². The monoisotopic (exact) mass is 361 g/mol. The van der Waals surface area contributed by atoms with Gasteiger partial charge in [0.15, 0.2) is 5.78 Å². The van der Waals surface area contributed by atoms with Gasteiger partial charge in [-0.3, -0.25) is 9.59 Å². The number of ether oxygens (including phenoxy) is 1. The zero-order chi connectivity index (χ0) is 18.0. The molecule has 0 unspecified atom stereocenters. The number of benzene rings is 2. The molecule has 1 aliphatic heterocycles. The van der Waals surface area contributed by atoms with Crippen LogP contribution in [0.4, 0.5) is 4.39 Å². The average molecular weight is 362 g/mol. The lowest BCUT2D eigenvalue weighted by atomic mass is 10.1. The second kappa shape index (κ2) is 7.23. The Morgan fingerprint density at radius 3 is 2.72 bits per heavy atom. The van der Waals surface area contributed by atoms with Gasteiger partial charge in [0.2, 0.25) is 5.91 Å². The zero-order valence-electron chi connectivity index (χ0n) is 13.7. The van der Waals surface area contributed by atoms with Gasteiger partial charge in [-0.25, -0.2) is 4.39 Å². The smallest absolute Gasteiger partial charge is 0.222 e. The van der Waals surface area contributed by atoms with Gasteiger partial charge in [-0.05, 0) is 31.5 Å². The molecule has 2 aromatic rings. The molecule has 1 heterocycles. The van der Waals surface area contributed by atoms with E-state index < -0.39 is 5.82 Å². The Labute approximate surface area is 150 Å².